The number of halogens is 1. The molecule has 5 heteroatoms. The lowest BCUT2D eigenvalue weighted by Gasteiger charge is -2.34. The molecule has 4 nitrogen and oxygen atoms in total. The molecule has 1 aliphatic heterocycles. The standard InChI is InChI=1S/C13H21BrO4/c1-2-16-12(15)10-3-6-13(7-4-10)17-9-11(18-13)5-8-14/h10-11H,2-9H2,1H3. The third kappa shape index (κ3) is 3.25. The molecule has 1 aliphatic carbocycles. The Labute approximate surface area is 116 Å². The van der Waals surface area contributed by atoms with Gasteiger partial charge in [0.2, 0.25) is 0 Å². The number of carbonyl (C=O) groups is 1. The molecule has 1 heterocycles. The van der Waals surface area contributed by atoms with Gasteiger partial charge in [-0.2, -0.15) is 0 Å². The molecular weight excluding hydrogens is 300 g/mol. The van der Waals surface area contributed by atoms with Crippen molar-refractivity contribution in [2.24, 2.45) is 5.92 Å². The van der Waals surface area contributed by atoms with Gasteiger partial charge < -0.3 is 14.2 Å². The number of rotatable bonds is 4. The van der Waals surface area contributed by atoms with Crippen LogP contribution in [0.1, 0.15) is 39.0 Å². The highest BCUT2D eigenvalue weighted by Crippen LogP contribution is 2.41. The van der Waals surface area contributed by atoms with Crippen LogP contribution in [0.15, 0.2) is 0 Å². The monoisotopic (exact) mass is 320 g/mol. The zero-order valence-electron chi connectivity index (χ0n) is 10.8. The van der Waals surface area contributed by atoms with Crippen LogP contribution >= 0.6 is 15.9 Å². The second kappa shape index (κ2) is 6.35. The van der Waals surface area contributed by atoms with Crippen LogP contribution in [-0.2, 0) is 19.0 Å². The second-order valence-corrected chi connectivity index (χ2v) is 5.76. The minimum atomic E-state index is -0.421. The summed E-state index contributed by atoms with van der Waals surface area (Å²) in [7, 11) is 0. The smallest absolute Gasteiger partial charge is 0.308 e. The van der Waals surface area contributed by atoms with E-state index in [1.165, 1.54) is 0 Å². The van der Waals surface area contributed by atoms with Crippen LogP contribution in [0.2, 0.25) is 0 Å². The van der Waals surface area contributed by atoms with E-state index in [1.54, 1.807) is 0 Å². The van der Waals surface area contributed by atoms with Crippen LogP contribution in [0.5, 0.6) is 0 Å². The summed E-state index contributed by atoms with van der Waals surface area (Å²) < 4.78 is 16.9. The minimum absolute atomic E-state index is 0.0259. The first-order chi connectivity index (χ1) is 8.69. The molecule has 18 heavy (non-hydrogen) atoms. The Morgan fingerprint density at radius 3 is 2.78 bits per heavy atom. The van der Waals surface area contributed by atoms with E-state index in [0.717, 1.165) is 37.4 Å². The highest BCUT2D eigenvalue weighted by molar-refractivity contribution is 9.09. The van der Waals surface area contributed by atoms with Gasteiger partial charge in [0.15, 0.2) is 5.79 Å². The highest BCUT2D eigenvalue weighted by Gasteiger charge is 2.45. The molecule has 1 unspecified atom stereocenters. The van der Waals surface area contributed by atoms with Crippen LogP contribution in [-0.4, -0.2) is 36.4 Å². The SMILES string of the molecule is CCOC(=O)C1CCC2(CC1)OCC(CCBr)O2. The molecule has 2 rings (SSSR count). The lowest BCUT2D eigenvalue weighted by molar-refractivity contribution is -0.196. The first-order valence-corrected chi connectivity index (χ1v) is 7.85. The molecule has 0 N–H and O–H groups in total. The maximum atomic E-state index is 11.7. The van der Waals surface area contributed by atoms with Crippen molar-refractivity contribution < 1.29 is 19.0 Å². The van der Waals surface area contributed by atoms with Crippen molar-refractivity contribution >= 4 is 21.9 Å². The Balaban J connectivity index is 1.81. The van der Waals surface area contributed by atoms with Crippen LogP contribution in [0.3, 0.4) is 0 Å². The summed E-state index contributed by atoms with van der Waals surface area (Å²) in [6.07, 6.45) is 4.39. The maximum absolute atomic E-state index is 11.7. The van der Waals surface area contributed by atoms with E-state index in [4.69, 9.17) is 14.2 Å². The molecule has 0 aromatic rings. The van der Waals surface area contributed by atoms with Gasteiger partial charge in [0.05, 0.1) is 25.2 Å². The average molecular weight is 321 g/mol. The summed E-state index contributed by atoms with van der Waals surface area (Å²) in [6.45, 7) is 2.98. The second-order valence-electron chi connectivity index (χ2n) is 4.97. The van der Waals surface area contributed by atoms with Crippen molar-refractivity contribution in [3.05, 3.63) is 0 Å². The van der Waals surface area contributed by atoms with E-state index in [1.807, 2.05) is 6.92 Å². The Morgan fingerprint density at radius 2 is 2.17 bits per heavy atom. The fourth-order valence-electron chi connectivity index (χ4n) is 2.70. The van der Waals surface area contributed by atoms with Gasteiger partial charge in [0.1, 0.15) is 0 Å². The number of esters is 1. The molecule has 1 saturated carbocycles. The zero-order chi connectivity index (χ0) is 13.0. The fraction of sp³-hybridized carbons (Fsp3) is 0.923. The number of hydrogen-bond donors (Lipinski definition) is 0. The molecule has 1 atom stereocenters. The number of carbonyl (C=O) groups excluding carboxylic acids is 1. The van der Waals surface area contributed by atoms with E-state index in [9.17, 15) is 4.79 Å². The quantitative estimate of drug-likeness (QED) is 0.590. The Hall–Kier alpha value is -0.130. The van der Waals surface area contributed by atoms with Gasteiger partial charge in [0, 0.05) is 18.2 Å². The highest BCUT2D eigenvalue weighted by atomic mass is 79.9. The van der Waals surface area contributed by atoms with Crippen molar-refractivity contribution in [2.45, 2.75) is 50.9 Å². The van der Waals surface area contributed by atoms with Gasteiger partial charge in [-0.3, -0.25) is 4.79 Å². The molecule has 1 spiro atoms. The van der Waals surface area contributed by atoms with Crippen molar-refractivity contribution in [3.63, 3.8) is 0 Å². The molecule has 2 fully saturated rings. The summed E-state index contributed by atoms with van der Waals surface area (Å²) in [4.78, 5) is 11.7. The first-order valence-electron chi connectivity index (χ1n) is 6.73. The topological polar surface area (TPSA) is 44.8 Å². The third-order valence-electron chi connectivity index (χ3n) is 3.71. The van der Waals surface area contributed by atoms with E-state index < -0.39 is 5.79 Å². The van der Waals surface area contributed by atoms with Crippen molar-refractivity contribution in [1.29, 1.82) is 0 Å². The van der Waals surface area contributed by atoms with E-state index in [0.29, 0.717) is 13.2 Å². The summed E-state index contributed by atoms with van der Waals surface area (Å²) >= 11 is 3.42. The zero-order valence-corrected chi connectivity index (χ0v) is 12.4. The number of ether oxygens (including phenoxy) is 3. The van der Waals surface area contributed by atoms with Crippen LogP contribution < -0.4 is 0 Å². The number of alkyl halides is 1. The summed E-state index contributed by atoms with van der Waals surface area (Å²) in [5.41, 5.74) is 0. The largest absolute Gasteiger partial charge is 0.466 e. The van der Waals surface area contributed by atoms with Gasteiger partial charge in [-0.15, -0.1) is 0 Å². The molecule has 0 aromatic carbocycles. The van der Waals surface area contributed by atoms with E-state index >= 15 is 0 Å². The van der Waals surface area contributed by atoms with Gasteiger partial charge >= 0.3 is 5.97 Å². The molecule has 0 radical (unpaired) electrons. The predicted molar refractivity (Wildman–Crippen MR) is 70.6 cm³/mol. The summed E-state index contributed by atoms with van der Waals surface area (Å²) in [5.74, 6) is -0.462. The predicted octanol–water partition coefficient (Wildman–Crippen LogP) is 2.64. The lowest BCUT2D eigenvalue weighted by Crippen LogP contribution is -2.38. The van der Waals surface area contributed by atoms with Gasteiger partial charge in [-0.05, 0) is 26.2 Å². The molecule has 0 bridgehead atoms. The van der Waals surface area contributed by atoms with Crippen molar-refractivity contribution in [2.75, 3.05) is 18.5 Å². The van der Waals surface area contributed by atoms with Gasteiger partial charge in [-0.1, -0.05) is 15.9 Å². The third-order valence-corrected chi connectivity index (χ3v) is 4.17. The molecule has 1 saturated heterocycles. The maximum Gasteiger partial charge on any atom is 0.308 e. The number of hydrogen-bond acceptors (Lipinski definition) is 4. The molecule has 0 aromatic heterocycles. The van der Waals surface area contributed by atoms with Crippen LogP contribution in [0, 0.1) is 5.92 Å². The van der Waals surface area contributed by atoms with Crippen LogP contribution in [0.25, 0.3) is 0 Å². The summed E-state index contributed by atoms with van der Waals surface area (Å²) in [6, 6.07) is 0. The lowest BCUT2D eigenvalue weighted by atomic mass is 9.85. The van der Waals surface area contributed by atoms with Gasteiger partial charge in [0.25, 0.3) is 0 Å². The van der Waals surface area contributed by atoms with Gasteiger partial charge in [-0.25, -0.2) is 0 Å². The molecular formula is C13H21BrO4. The Kier molecular flexibility index (Phi) is 5.04. The normalized spacial score (nSPS) is 35.9. The molecule has 104 valence electrons. The first kappa shape index (κ1) is 14.3. The van der Waals surface area contributed by atoms with Crippen LogP contribution in [0.4, 0.5) is 0 Å². The summed E-state index contributed by atoms with van der Waals surface area (Å²) in [5, 5.41) is 0.933. The Morgan fingerprint density at radius 1 is 1.44 bits per heavy atom. The fourth-order valence-corrected chi connectivity index (χ4v) is 3.21. The van der Waals surface area contributed by atoms with E-state index in [-0.39, 0.29) is 18.0 Å². The Bertz CT molecular complexity index is 287. The molecule has 0 amide bonds. The average Bonchev–Trinajstić information content (AvgIpc) is 2.74. The van der Waals surface area contributed by atoms with Crippen molar-refractivity contribution in [1.82, 2.24) is 0 Å². The van der Waals surface area contributed by atoms with Crippen molar-refractivity contribution in [3.8, 4) is 0 Å². The van der Waals surface area contributed by atoms with E-state index in [2.05, 4.69) is 15.9 Å². The minimum Gasteiger partial charge on any atom is -0.466 e. The molecule has 2 aliphatic rings.